The summed E-state index contributed by atoms with van der Waals surface area (Å²) in [6.07, 6.45) is -0.140. The van der Waals surface area contributed by atoms with Crippen molar-refractivity contribution in [3.05, 3.63) is 18.2 Å². The molecule has 0 aliphatic heterocycles. The monoisotopic (exact) mass is 408 g/mol. The molecule has 1 atom stereocenters. The molecule has 0 radical (unpaired) electrons. The quantitative estimate of drug-likeness (QED) is 0.644. The van der Waals surface area contributed by atoms with Gasteiger partial charge in [0.25, 0.3) is 0 Å². The first kappa shape index (κ1) is 24.5. The summed E-state index contributed by atoms with van der Waals surface area (Å²) in [7, 11) is -0.720. The highest BCUT2D eigenvalue weighted by atomic mass is 35.5. The zero-order chi connectivity index (χ0) is 19.3. The number of halogens is 1. The molecule has 3 N–H and O–H groups in total. The van der Waals surface area contributed by atoms with Crippen LogP contribution in [0.25, 0.3) is 0 Å². The normalized spacial score (nSPS) is 13.5. The van der Waals surface area contributed by atoms with E-state index >= 15 is 0 Å². The molecular formula is C17H29ClN2O5S. The van der Waals surface area contributed by atoms with Gasteiger partial charge >= 0.3 is 0 Å². The van der Waals surface area contributed by atoms with Crippen molar-refractivity contribution in [3.8, 4) is 11.5 Å². The summed E-state index contributed by atoms with van der Waals surface area (Å²) in [5, 5.41) is 2.83. The highest BCUT2D eigenvalue weighted by molar-refractivity contribution is 7.91. The summed E-state index contributed by atoms with van der Waals surface area (Å²) in [5.41, 5.74) is 5.16. The number of carbonyl (C=O) groups excluding carboxylic acids is 1. The first-order valence-corrected chi connectivity index (χ1v) is 9.70. The molecule has 26 heavy (non-hydrogen) atoms. The van der Waals surface area contributed by atoms with Crippen molar-refractivity contribution in [3.63, 3.8) is 0 Å². The highest BCUT2D eigenvalue weighted by Crippen LogP contribution is 2.30. The van der Waals surface area contributed by atoms with Crippen LogP contribution in [-0.4, -0.2) is 46.4 Å². The first-order valence-electron chi connectivity index (χ1n) is 8.05. The number of rotatable bonds is 9. The van der Waals surface area contributed by atoms with Gasteiger partial charge in [0, 0.05) is 19.0 Å². The summed E-state index contributed by atoms with van der Waals surface area (Å²) in [5.74, 6) is 0.251. The summed E-state index contributed by atoms with van der Waals surface area (Å²) < 4.78 is 35.2. The van der Waals surface area contributed by atoms with Crippen molar-refractivity contribution in [1.82, 2.24) is 5.32 Å². The summed E-state index contributed by atoms with van der Waals surface area (Å²) in [6.45, 7) is 6.03. The number of hydrogen-bond donors (Lipinski definition) is 2. The second-order valence-electron chi connectivity index (χ2n) is 6.41. The lowest BCUT2D eigenvalue weighted by Gasteiger charge is -2.33. The smallest absolute Gasteiger partial charge is 0.221 e. The molecule has 0 heterocycles. The molecule has 9 heteroatoms. The van der Waals surface area contributed by atoms with Gasteiger partial charge in [-0.05, 0) is 25.0 Å². The largest absolute Gasteiger partial charge is 0.493 e. The van der Waals surface area contributed by atoms with Gasteiger partial charge in [0.05, 0.1) is 30.4 Å². The molecule has 0 saturated carbocycles. The maximum Gasteiger partial charge on any atom is 0.221 e. The Labute approximate surface area is 162 Å². The Morgan fingerprint density at radius 3 is 2.27 bits per heavy atom. The average molecular weight is 409 g/mol. The van der Waals surface area contributed by atoms with Crippen LogP contribution >= 0.6 is 12.4 Å². The van der Waals surface area contributed by atoms with Crippen LogP contribution in [0.15, 0.2) is 23.1 Å². The zero-order valence-corrected chi connectivity index (χ0v) is 17.5. The predicted molar refractivity (Wildman–Crippen MR) is 104 cm³/mol. The molecule has 7 nitrogen and oxygen atoms in total. The minimum Gasteiger partial charge on any atom is -0.493 e. The van der Waals surface area contributed by atoms with E-state index in [2.05, 4.69) is 5.32 Å². The van der Waals surface area contributed by atoms with Crippen LogP contribution in [0.5, 0.6) is 11.5 Å². The Bertz CT molecular complexity index is 709. The fourth-order valence-corrected chi connectivity index (χ4v) is 3.42. The Balaban J connectivity index is 0.00000625. The number of hydrogen-bond acceptors (Lipinski definition) is 6. The van der Waals surface area contributed by atoms with Crippen LogP contribution < -0.4 is 20.5 Å². The Morgan fingerprint density at radius 1 is 1.23 bits per heavy atom. The maximum atomic E-state index is 12.5. The van der Waals surface area contributed by atoms with Crippen LogP contribution in [-0.2, 0) is 14.6 Å². The van der Waals surface area contributed by atoms with E-state index in [1.165, 1.54) is 32.4 Å². The lowest BCUT2D eigenvalue weighted by molar-refractivity contribution is -0.122. The van der Waals surface area contributed by atoms with Gasteiger partial charge in [0.2, 0.25) is 5.91 Å². The van der Waals surface area contributed by atoms with Crippen molar-refractivity contribution >= 4 is 28.2 Å². The first-order chi connectivity index (χ1) is 11.6. The topological polar surface area (TPSA) is 108 Å². The minimum atomic E-state index is -3.62. The molecule has 0 spiro atoms. The molecule has 0 aliphatic rings. The van der Waals surface area contributed by atoms with Gasteiger partial charge in [0.15, 0.2) is 21.3 Å². The molecule has 0 aromatic heterocycles. The van der Waals surface area contributed by atoms with E-state index in [0.29, 0.717) is 11.5 Å². The maximum absolute atomic E-state index is 12.5. The number of methoxy groups -OCH3 is 2. The average Bonchev–Trinajstić information content (AvgIpc) is 2.59. The highest BCUT2D eigenvalue weighted by Gasteiger charge is 2.29. The fourth-order valence-electron chi connectivity index (χ4n) is 2.17. The Hall–Kier alpha value is -1.51. The van der Waals surface area contributed by atoms with Crippen molar-refractivity contribution < 1.29 is 22.7 Å². The van der Waals surface area contributed by atoms with Gasteiger partial charge in [0.1, 0.15) is 0 Å². The molecule has 1 rings (SSSR count). The van der Waals surface area contributed by atoms with E-state index < -0.39 is 15.4 Å². The van der Waals surface area contributed by atoms with Gasteiger partial charge in [-0.1, -0.05) is 13.8 Å². The molecule has 1 aromatic carbocycles. The van der Waals surface area contributed by atoms with E-state index in [-0.39, 0.29) is 47.8 Å². The zero-order valence-electron chi connectivity index (χ0n) is 15.9. The number of benzene rings is 1. The molecular weight excluding hydrogens is 380 g/mol. The number of nitrogens with one attached hydrogen (secondary N) is 1. The summed E-state index contributed by atoms with van der Waals surface area (Å²) >= 11 is 0. The molecule has 1 amide bonds. The van der Waals surface area contributed by atoms with E-state index in [1.54, 1.807) is 0 Å². The van der Waals surface area contributed by atoms with E-state index in [9.17, 15) is 13.2 Å². The summed E-state index contributed by atoms with van der Waals surface area (Å²) in [6, 6.07) is 4.35. The van der Waals surface area contributed by atoms with Crippen molar-refractivity contribution in [2.45, 2.75) is 37.6 Å². The molecule has 0 saturated heterocycles. The molecule has 150 valence electrons. The van der Waals surface area contributed by atoms with Crippen molar-refractivity contribution in [2.75, 3.05) is 26.5 Å². The molecule has 0 aliphatic carbocycles. The number of amides is 1. The van der Waals surface area contributed by atoms with Gasteiger partial charge < -0.3 is 20.5 Å². The van der Waals surface area contributed by atoms with Crippen LogP contribution in [0.4, 0.5) is 0 Å². The number of ether oxygens (including phenoxy) is 2. The Kier molecular flexibility index (Phi) is 9.41. The molecule has 1 aromatic rings. The third kappa shape index (κ3) is 6.03. The number of sulfone groups is 1. The van der Waals surface area contributed by atoms with E-state index in [1.807, 2.05) is 20.8 Å². The van der Waals surface area contributed by atoms with Gasteiger partial charge in [-0.2, -0.15) is 0 Å². The number of carbonyl (C=O) groups is 1. The van der Waals surface area contributed by atoms with Crippen molar-refractivity contribution in [1.29, 1.82) is 0 Å². The molecule has 1 unspecified atom stereocenters. The number of nitrogens with two attached hydrogens (primary N) is 1. The van der Waals surface area contributed by atoms with Crippen LogP contribution in [0.2, 0.25) is 0 Å². The third-order valence-corrected chi connectivity index (χ3v) is 6.15. The predicted octanol–water partition coefficient (Wildman–Crippen LogP) is 1.78. The van der Waals surface area contributed by atoms with Gasteiger partial charge in [-0.15, -0.1) is 12.4 Å². The SMILES string of the molecule is COc1ccc(S(=O)(=O)CCC(=O)NC(C)(CN)C(C)C)cc1OC.Cl. The fraction of sp³-hybridized carbons (Fsp3) is 0.588. The van der Waals surface area contributed by atoms with E-state index in [0.717, 1.165) is 0 Å². The Morgan fingerprint density at radius 2 is 1.81 bits per heavy atom. The lowest BCUT2D eigenvalue weighted by Crippen LogP contribution is -2.55. The van der Waals surface area contributed by atoms with Crippen LogP contribution in [0.3, 0.4) is 0 Å². The second-order valence-corrected chi connectivity index (χ2v) is 8.52. The summed E-state index contributed by atoms with van der Waals surface area (Å²) in [4.78, 5) is 12.2. The van der Waals surface area contributed by atoms with Crippen molar-refractivity contribution in [2.24, 2.45) is 11.7 Å². The minimum absolute atomic E-state index is 0. The molecule has 0 fully saturated rings. The second kappa shape index (κ2) is 9.99. The standard InChI is InChI=1S/C17H28N2O5S.ClH/c1-12(2)17(3,11-18)19-16(20)8-9-25(21,22)13-6-7-14(23-4)15(10-13)24-5;/h6-7,10,12H,8-9,11,18H2,1-5H3,(H,19,20);1H. The van der Waals surface area contributed by atoms with Gasteiger partial charge in [-0.25, -0.2) is 8.42 Å². The van der Waals surface area contributed by atoms with Gasteiger partial charge in [-0.3, -0.25) is 4.79 Å². The lowest BCUT2D eigenvalue weighted by atomic mass is 9.88. The van der Waals surface area contributed by atoms with E-state index in [4.69, 9.17) is 15.2 Å². The van der Waals surface area contributed by atoms with Crippen LogP contribution in [0, 0.1) is 5.92 Å². The molecule has 0 bridgehead atoms. The third-order valence-electron chi connectivity index (χ3n) is 4.44. The van der Waals surface area contributed by atoms with Crippen LogP contribution in [0.1, 0.15) is 27.2 Å².